The van der Waals surface area contributed by atoms with Gasteiger partial charge in [-0.05, 0) is 24.9 Å². The third-order valence-electron chi connectivity index (χ3n) is 2.92. The topological polar surface area (TPSA) is 32.3 Å². The summed E-state index contributed by atoms with van der Waals surface area (Å²) in [5, 5.41) is 13.4. The van der Waals surface area contributed by atoms with Crippen molar-refractivity contribution >= 4 is 0 Å². The van der Waals surface area contributed by atoms with Gasteiger partial charge in [0.25, 0.3) is 0 Å². The molecule has 0 spiro atoms. The minimum atomic E-state index is -0.302. The van der Waals surface area contributed by atoms with Crippen molar-refractivity contribution in [3.8, 4) is 0 Å². The molecule has 2 N–H and O–H groups in total. The lowest BCUT2D eigenvalue weighted by molar-refractivity contribution is 0.0922. The quantitative estimate of drug-likeness (QED) is 0.746. The van der Waals surface area contributed by atoms with Crippen LogP contribution < -0.4 is 5.32 Å². The van der Waals surface area contributed by atoms with Gasteiger partial charge in [-0.1, -0.05) is 30.3 Å². The Bertz CT molecular complexity index is 267. The summed E-state index contributed by atoms with van der Waals surface area (Å²) in [7, 11) is 0. The van der Waals surface area contributed by atoms with Crippen LogP contribution in [0.25, 0.3) is 0 Å². The average molecular weight is 191 g/mol. The molecule has 2 rings (SSSR count). The lowest BCUT2D eigenvalue weighted by Crippen LogP contribution is -2.33. The smallest absolute Gasteiger partial charge is 0.0830 e. The zero-order chi connectivity index (χ0) is 9.80. The van der Waals surface area contributed by atoms with E-state index in [1.165, 1.54) is 6.42 Å². The first-order valence-electron chi connectivity index (χ1n) is 5.31. The van der Waals surface area contributed by atoms with Crippen LogP contribution in [0.1, 0.15) is 24.5 Å². The molecule has 0 aliphatic carbocycles. The Morgan fingerprint density at radius 1 is 1.29 bits per heavy atom. The minimum Gasteiger partial charge on any atom is -0.388 e. The van der Waals surface area contributed by atoms with E-state index in [-0.39, 0.29) is 6.10 Å². The van der Waals surface area contributed by atoms with Crippen LogP contribution in [0.15, 0.2) is 30.3 Å². The predicted molar refractivity (Wildman–Crippen MR) is 57.0 cm³/mol. The summed E-state index contributed by atoms with van der Waals surface area (Å²) in [6.45, 7) is 2.04. The van der Waals surface area contributed by atoms with Gasteiger partial charge in [0.05, 0.1) is 6.10 Å². The van der Waals surface area contributed by atoms with E-state index in [9.17, 15) is 5.11 Å². The highest BCUT2D eigenvalue weighted by Gasteiger charge is 2.22. The second-order valence-corrected chi connectivity index (χ2v) is 3.96. The molecule has 0 saturated carbocycles. The van der Waals surface area contributed by atoms with E-state index in [0.717, 1.165) is 25.1 Å². The molecule has 0 bridgehead atoms. The molecule has 14 heavy (non-hydrogen) atoms. The second kappa shape index (κ2) is 4.58. The highest BCUT2D eigenvalue weighted by atomic mass is 16.3. The maximum atomic E-state index is 10.1. The van der Waals surface area contributed by atoms with Crippen LogP contribution in [-0.2, 0) is 0 Å². The standard InChI is InChI=1S/C12H17NO/c14-12(10-5-2-1-3-6-10)11-7-4-8-13-9-11/h1-3,5-6,11-14H,4,7-9H2. The number of hydrogen-bond acceptors (Lipinski definition) is 2. The first-order valence-corrected chi connectivity index (χ1v) is 5.31. The molecular formula is C12H17NO. The van der Waals surface area contributed by atoms with Gasteiger partial charge in [0, 0.05) is 12.5 Å². The predicted octanol–water partition coefficient (Wildman–Crippen LogP) is 1.72. The van der Waals surface area contributed by atoms with Crippen LogP contribution in [-0.4, -0.2) is 18.2 Å². The molecule has 0 aromatic heterocycles. The molecule has 1 fully saturated rings. The number of rotatable bonds is 2. The van der Waals surface area contributed by atoms with E-state index in [1.54, 1.807) is 0 Å². The molecule has 0 amide bonds. The van der Waals surface area contributed by atoms with Gasteiger partial charge < -0.3 is 10.4 Å². The number of piperidine rings is 1. The van der Waals surface area contributed by atoms with Gasteiger partial charge >= 0.3 is 0 Å². The Labute approximate surface area is 85.0 Å². The second-order valence-electron chi connectivity index (χ2n) is 3.96. The highest BCUT2D eigenvalue weighted by molar-refractivity contribution is 5.18. The first kappa shape index (κ1) is 9.69. The third-order valence-corrected chi connectivity index (χ3v) is 2.92. The van der Waals surface area contributed by atoms with Gasteiger partial charge in [-0.25, -0.2) is 0 Å². The summed E-state index contributed by atoms with van der Waals surface area (Å²) < 4.78 is 0. The van der Waals surface area contributed by atoms with Gasteiger partial charge in [0.15, 0.2) is 0 Å². The molecule has 1 saturated heterocycles. The largest absolute Gasteiger partial charge is 0.388 e. The van der Waals surface area contributed by atoms with E-state index in [4.69, 9.17) is 0 Å². The fourth-order valence-corrected chi connectivity index (χ4v) is 2.07. The number of aliphatic hydroxyl groups excluding tert-OH is 1. The Kier molecular flexibility index (Phi) is 3.17. The maximum Gasteiger partial charge on any atom is 0.0830 e. The van der Waals surface area contributed by atoms with Crippen LogP contribution >= 0.6 is 0 Å². The Balaban J connectivity index is 2.03. The lowest BCUT2D eigenvalue weighted by atomic mass is 9.89. The van der Waals surface area contributed by atoms with Crippen molar-refractivity contribution in [2.75, 3.05) is 13.1 Å². The summed E-state index contributed by atoms with van der Waals surface area (Å²) in [6, 6.07) is 9.94. The van der Waals surface area contributed by atoms with E-state index < -0.39 is 0 Å². The normalized spacial score (nSPS) is 24.5. The first-order chi connectivity index (χ1) is 6.88. The molecule has 76 valence electrons. The zero-order valence-corrected chi connectivity index (χ0v) is 8.32. The van der Waals surface area contributed by atoms with E-state index in [1.807, 2.05) is 30.3 Å². The van der Waals surface area contributed by atoms with Crippen LogP contribution in [0.5, 0.6) is 0 Å². The van der Waals surface area contributed by atoms with Crippen LogP contribution in [0.2, 0.25) is 0 Å². The van der Waals surface area contributed by atoms with Gasteiger partial charge in [-0.3, -0.25) is 0 Å². The Morgan fingerprint density at radius 2 is 2.07 bits per heavy atom. The summed E-state index contributed by atoms with van der Waals surface area (Å²) >= 11 is 0. The van der Waals surface area contributed by atoms with Crippen molar-refractivity contribution in [3.05, 3.63) is 35.9 Å². The summed E-state index contributed by atoms with van der Waals surface area (Å²) in [4.78, 5) is 0. The molecule has 2 atom stereocenters. The molecule has 0 radical (unpaired) electrons. The van der Waals surface area contributed by atoms with E-state index in [2.05, 4.69) is 5.32 Å². The fraction of sp³-hybridized carbons (Fsp3) is 0.500. The lowest BCUT2D eigenvalue weighted by Gasteiger charge is -2.27. The van der Waals surface area contributed by atoms with E-state index in [0.29, 0.717) is 5.92 Å². The monoisotopic (exact) mass is 191 g/mol. The minimum absolute atomic E-state index is 0.302. The van der Waals surface area contributed by atoms with Crippen molar-refractivity contribution < 1.29 is 5.11 Å². The van der Waals surface area contributed by atoms with Crippen molar-refractivity contribution in [1.29, 1.82) is 0 Å². The van der Waals surface area contributed by atoms with Crippen LogP contribution in [0, 0.1) is 5.92 Å². The van der Waals surface area contributed by atoms with Crippen molar-refractivity contribution in [3.63, 3.8) is 0 Å². The maximum absolute atomic E-state index is 10.1. The number of benzene rings is 1. The van der Waals surface area contributed by atoms with Crippen molar-refractivity contribution in [1.82, 2.24) is 5.32 Å². The van der Waals surface area contributed by atoms with Crippen LogP contribution in [0.3, 0.4) is 0 Å². The molecule has 2 nitrogen and oxygen atoms in total. The molecule has 1 aliphatic rings. The average Bonchev–Trinajstić information content (AvgIpc) is 2.30. The number of hydrogen-bond donors (Lipinski definition) is 2. The summed E-state index contributed by atoms with van der Waals surface area (Å²) in [6.07, 6.45) is 2.00. The van der Waals surface area contributed by atoms with Crippen molar-refractivity contribution in [2.24, 2.45) is 5.92 Å². The molecule has 2 unspecified atom stereocenters. The number of aliphatic hydroxyl groups is 1. The zero-order valence-electron chi connectivity index (χ0n) is 8.32. The fourth-order valence-electron chi connectivity index (χ4n) is 2.07. The van der Waals surface area contributed by atoms with Gasteiger partial charge in [0.1, 0.15) is 0 Å². The molecule has 1 aliphatic heterocycles. The highest BCUT2D eigenvalue weighted by Crippen LogP contribution is 2.26. The summed E-state index contributed by atoms with van der Waals surface area (Å²) in [5.74, 6) is 0.381. The molecule has 1 heterocycles. The molecule has 1 aromatic rings. The van der Waals surface area contributed by atoms with Gasteiger partial charge in [-0.15, -0.1) is 0 Å². The van der Waals surface area contributed by atoms with Gasteiger partial charge in [-0.2, -0.15) is 0 Å². The Hall–Kier alpha value is -0.860. The molecular weight excluding hydrogens is 174 g/mol. The number of nitrogens with one attached hydrogen (secondary N) is 1. The van der Waals surface area contributed by atoms with Crippen LogP contribution in [0.4, 0.5) is 0 Å². The van der Waals surface area contributed by atoms with Crippen molar-refractivity contribution in [2.45, 2.75) is 18.9 Å². The van der Waals surface area contributed by atoms with E-state index >= 15 is 0 Å². The Morgan fingerprint density at radius 3 is 2.71 bits per heavy atom. The SMILES string of the molecule is OC(c1ccccc1)C1CCCNC1. The molecule has 1 aromatic carbocycles. The van der Waals surface area contributed by atoms with Gasteiger partial charge in [0.2, 0.25) is 0 Å². The summed E-state index contributed by atoms with van der Waals surface area (Å²) in [5.41, 5.74) is 1.04. The molecule has 2 heteroatoms. The third kappa shape index (κ3) is 2.14.